The third-order valence-corrected chi connectivity index (χ3v) is 3.27. The first-order valence-electron chi connectivity index (χ1n) is 6.66. The summed E-state index contributed by atoms with van der Waals surface area (Å²) in [6.45, 7) is 4.62. The molecule has 1 rings (SSSR count). The van der Waals surface area contributed by atoms with E-state index in [4.69, 9.17) is 0 Å². The van der Waals surface area contributed by atoms with E-state index in [0.29, 0.717) is 0 Å². The van der Waals surface area contributed by atoms with Crippen LogP contribution in [0.25, 0.3) is 0 Å². The third kappa shape index (κ3) is 5.81. The van der Waals surface area contributed by atoms with Crippen LogP contribution in [-0.4, -0.2) is 0 Å². The maximum absolute atomic E-state index is 2.35. The van der Waals surface area contributed by atoms with E-state index in [1.165, 1.54) is 51.4 Å². The van der Waals surface area contributed by atoms with Crippen LogP contribution in [0.4, 0.5) is 0 Å². The minimum atomic E-state index is 0.720. The van der Waals surface area contributed by atoms with E-state index in [2.05, 4.69) is 32.1 Å². The Labute approximate surface area is 95.5 Å². The Bertz CT molecular complexity index is 208. The minimum absolute atomic E-state index is 0.720. The Morgan fingerprint density at radius 1 is 0.933 bits per heavy atom. The molecule has 0 fully saturated rings. The summed E-state index contributed by atoms with van der Waals surface area (Å²) >= 11 is 0. The number of hydrogen-bond donors (Lipinski definition) is 0. The van der Waals surface area contributed by atoms with Crippen LogP contribution in [0.15, 0.2) is 23.8 Å². The van der Waals surface area contributed by atoms with Crippen LogP contribution < -0.4 is 0 Å². The summed E-state index contributed by atoms with van der Waals surface area (Å²) in [5.41, 5.74) is 1.63. The monoisotopic (exact) mass is 206 g/mol. The van der Waals surface area contributed by atoms with E-state index in [1.807, 2.05) is 0 Å². The Kier molecular flexibility index (Phi) is 6.47. The van der Waals surface area contributed by atoms with E-state index in [9.17, 15) is 0 Å². The highest BCUT2D eigenvalue weighted by atomic mass is 14.1. The highest BCUT2D eigenvalue weighted by Crippen LogP contribution is 2.19. The molecular formula is C15H26. The van der Waals surface area contributed by atoms with Crippen molar-refractivity contribution in [3.63, 3.8) is 0 Å². The first-order valence-corrected chi connectivity index (χ1v) is 6.66. The molecule has 0 aromatic heterocycles. The average Bonchev–Trinajstić information content (AvgIpc) is 2.18. The van der Waals surface area contributed by atoms with Gasteiger partial charge < -0.3 is 0 Å². The standard InChI is InChI=1S/C15H26/c1-14(2)15-12-10-8-6-4-3-5-7-9-11-13-15/h8,10,12,14H,3-7,9,11,13H2,1-2H3. The van der Waals surface area contributed by atoms with E-state index in [0.717, 1.165) is 5.92 Å². The van der Waals surface area contributed by atoms with Crippen molar-refractivity contribution in [2.75, 3.05) is 0 Å². The zero-order chi connectivity index (χ0) is 10.9. The zero-order valence-corrected chi connectivity index (χ0v) is 10.5. The normalized spacial score (nSPS) is 20.6. The molecule has 0 radical (unpaired) electrons. The van der Waals surface area contributed by atoms with Crippen LogP contribution in [0, 0.1) is 5.92 Å². The highest BCUT2D eigenvalue weighted by molar-refractivity contribution is 5.14. The first kappa shape index (κ1) is 12.5. The number of rotatable bonds is 1. The van der Waals surface area contributed by atoms with Gasteiger partial charge in [-0.05, 0) is 31.6 Å². The summed E-state index contributed by atoms with van der Waals surface area (Å²) in [5.74, 6) is 0.720. The quantitative estimate of drug-likeness (QED) is 0.549. The Morgan fingerprint density at radius 3 is 2.33 bits per heavy atom. The van der Waals surface area contributed by atoms with Gasteiger partial charge in [-0.1, -0.05) is 63.3 Å². The predicted octanol–water partition coefficient (Wildman–Crippen LogP) is 5.26. The van der Waals surface area contributed by atoms with Crippen LogP contribution in [-0.2, 0) is 0 Å². The van der Waals surface area contributed by atoms with Crippen LogP contribution >= 0.6 is 0 Å². The summed E-state index contributed by atoms with van der Waals surface area (Å²) in [6, 6.07) is 0. The third-order valence-electron chi connectivity index (χ3n) is 3.27. The van der Waals surface area contributed by atoms with Crippen molar-refractivity contribution in [3.8, 4) is 0 Å². The first-order chi connectivity index (χ1) is 7.30. The molecule has 0 amide bonds. The van der Waals surface area contributed by atoms with Crippen molar-refractivity contribution in [2.45, 2.75) is 65.2 Å². The topological polar surface area (TPSA) is 0 Å². The lowest BCUT2D eigenvalue weighted by molar-refractivity contribution is 0.580. The van der Waals surface area contributed by atoms with E-state index in [-0.39, 0.29) is 0 Å². The summed E-state index contributed by atoms with van der Waals surface area (Å²) < 4.78 is 0. The molecule has 1 aliphatic rings. The minimum Gasteiger partial charge on any atom is -0.0845 e. The molecule has 0 aliphatic heterocycles. The molecule has 0 N–H and O–H groups in total. The fourth-order valence-electron chi connectivity index (χ4n) is 2.15. The van der Waals surface area contributed by atoms with Crippen molar-refractivity contribution in [1.82, 2.24) is 0 Å². The molecule has 0 heterocycles. The predicted molar refractivity (Wildman–Crippen MR) is 69.0 cm³/mol. The van der Waals surface area contributed by atoms with Crippen molar-refractivity contribution in [1.29, 1.82) is 0 Å². The SMILES string of the molecule is CC(C)C1=CC=CCCCCCCCC1. The lowest BCUT2D eigenvalue weighted by atomic mass is 9.95. The van der Waals surface area contributed by atoms with E-state index >= 15 is 0 Å². The van der Waals surface area contributed by atoms with Gasteiger partial charge in [-0.3, -0.25) is 0 Å². The van der Waals surface area contributed by atoms with Gasteiger partial charge in [0.25, 0.3) is 0 Å². The molecule has 1 aliphatic carbocycles. The smallest absolute Gasteiger partial charge is 0.0257 e. The van der Waals surface area contributed by atoms with Crippen LogP contribution in [0.1, 0.15) is 65.2 Å². The summed E-state index contributed by atoms with van der Waals surface area (Å²) in [6.07, 6.45) is 18.0. The Hall–Kier alpha value is -0.520. The molecule has 0 aromatic carbocycles. The van der Waals surface area contributed by atoms with Gasteiger partial charge in [0.15, 0.2) is 0 Å². The number of hydrogen-bond acceptors (Lipinski definition) is 0. The molecule has 0 heteroatoms. The van der Waals surface area contributed by atoms with Crippen molar-refractivity contribution < 1.29 is 0 Å². The van der Waals surface area contributed by atoms with Gasteiger partial charge in [-0.2, -0.15) is 0 Å². The zero-order valence-electron chi connectivity index (χ0n) is 10.5. The molecule has 0 saturated heterocycles. The van der Waals surface area contributed by atoms with E-state index < -0.39 is 0 Å². The molecule has 86 valence electrons. The fraction of sp³-hybridized carbons (Fsp3) is 0.733. The van der Waals surface area contributed by atoms with Gasteiger partial charge in [0.05, 0.1) is 0 Å². The molecule has 0 bridgehead atoms. The van der Waals surface area contributed by atoms with Crippen LogP contribution in [0.3, 0.4) is 0 Å². The fourth-order valence-corrected chi connectivity index (χ4v) is 2.15. The van der Waals surface area contributed by atoms with Gasteiger partial charge in [0, 0.05) is 0 Å². The lowest BCUT2D eigenvalue weighted by Gasteiger charge is -2.11. The number of allylic oxidation sites excluding steroid dienone is 4. The van der Waals surface area contributed by atoms with Gasteiger partial charge >= 0.3 is 0 Å². The average molecular weight is 206 g/mol. The van der Waals surface area contributed by atoms with Crippen molar-refractivity contribution in [3.05, 3.63) is 23.8 Å². The van der Waals surface area contributed by atoms with E-state index in [1.54, 1.807) is 5.57 Å². The second-order valence-corrected chi connectivity index (χ2v) is 4.98. The molecule has 0 unspecified atom stereocenters. The molecule has 0 atom stereocenters. The lowest BCUT2D eigenvalue weighted by Crippen LogP contribution is -1.94. The molecule has 0 spiro atoms. The van der Waals surface area contributed by atoms with Gasteiger partial charge in [-0.15, -0.1) is 0 Å². The van der Waals surface area contributed by atoms with Gasteiger partial charge in [-0.25, -0.2) is 0 Å². The molecule has 0 nitrogen and oxygen atoms in total. The maximum atomic E-state index is 2.35. The van der Waals surface area contributed by atoms with Crippen LogP contribution in [0.2, 0.25) is 0 Å². The Morgan fingerprint density at radius 2 is 1.60 bits per heavy atom. The maximum Gasteiger partial charge on any atom is -0.0257 e. The second kappa shape index (κ2) is 7.73. The molecular weight excluding hydrogens is 180 g/mol. The Balaban J connectivity index is 2.50. The molecule has 0 aromatic rings. The largest absolute Gasteiger partial charge is 0.0845 e. The second-order valence-electron chi connectivity index (χ2n) is 4.98. The molecule has 0 saturated carbocycles. The summed E-state index contributed by atoms with van der Waals surface area (Å²) in [5, 5.41) is 0. The summed E-state index contributed by atoms with van der Waals surface area (Å²) in [7, 11) is 0. The molecule has 15 heavy (non-hydrogen) atoms. The van der Waals surface area contributed by atoms with Crippen LogP contribution in [0.5, 0.6) is 0 Å². The van der Waals surface area contributed by atoms with Crippen molar-refractivity contribution in [2.24, 2.45) is 5.92 Å². The summed E-state index contributed by atoms with van der Waals surface area (Å²) in [4.78, 5) is 0. The van der Waals surface area contributed by atoms with Gasteiger partial charge in [0.2, 0.25) is 0 Å². The highest BCUT2D eigenvalue weighted by Gasteiger charge is 2.02. The van der Waals surface area contributed by atoms with Crippen molar-refractivity contribution >= 4 is 0 Å². The van der Waals surface area contributed by atoms with Gasteiger partial charge in [0.1, 0.15) is 0 Å².